The second-order valence-corrected chi connectivity index (χ2v) is 9.43. The topological polar surface area (TPSA) is 0 Å². The Morgan fingerprint density at radius 1 is 0.706 bits per heavy atom. The van der Waals surface area contributed by atoms with Gasteiger partial charge in [0.2, 0.25) is 0 Å². The average molecular weight is 506 g/mol. The Balaban J connectivity index is -0.000000282. The lowest BCUT2D eigenvalue weighted by molar-refractivity contribution is -0.00000360. The van der Waals surface area contributed by atoms with Crippen molar-refractivity contribution in [1.29, 1.82) is 0 Å². The van der Waals surface area contributed by atoms with Gasteiger partial charge in [-0.1, -0.05) is 40.0 Å². The van der Waals surface area contributed by atoms with Crippen LogP contribution < -0.4 is 24.0 Å². The van der Waals surface area contributed by atoms with Crippen LogP contribution in [0.1, 0.15) is 59.3 Å². The third kappa shape index (κ3) is 16.3. The van der Waals surface area contributed by atoms with Crippen LogP contribution in [0.4, 0.5) is 0 Å². The number of hydrogen-bond donors (Lipinski definition) is 0. The van der Waals surface area contributed by atoms with Gasteiger partial charge >= 0.3 is 0 Å². The summed E-state index contributed by atoms with van der Waals surface area (Å²) in [5, 5.41) is 0. The van der Waals surface area contributed by atoms with Crippen LogP contribution >= 0.6 is 41.1 Å². The summed E-state index contributed by atoms with van der Waals surface area (Å²) >= 11 is 0. The first-order chi connectivity index (χ1) is 6.68. The first kappa shape index (κ1) is 27.6. The summed E-state index contributed by atoms with van der Waals surface area (Å²) in [5.74, 6) is 0. The number of halogens is 2. The van der Waals surface area contributed by atoms with Crippen molar-refractivity contribution in [2.75, 3.05) is 25.2 Å². The highest BCUT2D eigenvalue weighted by atomic mass is 127. The maximum Gasteiger partial charge on any atom is 0.0591 e. The quantitative estimate of drug-likeness (QED) is 0.334. The van der Waals surface area contributed by atoms with Crippen LogP contribution in [0.5, 0.6) is 0 Å². The fourth-order valence-corrected chi connectivity index (χ4v) is 5.86. The van der Waals surface area contributed by atoms with E-state index in [1.165, 1.54) is 38.5 Å². The molecular weight excluding hydrogens is 472 g/mol. The lowest BCUT2D eigenvalue weighted by atomic mass is 10.4. The Bertz CT molecular complexity index is 111. The largest absolute Gasteiger partial charge is 1.00 e. The molecule has 0 aromatic heterocycles. The second-order valence-electron chi connectivity index (χ2n) is 4.85. The summed E-state index contributed by atoms with van der Waals surface area (Å²) in [7, 11) is -0.519. The van der Waals surface area contributed by atoms with Crippen molar-refractivity contribution < 1.29 is 24.0 Å². The fourth-order valence-electron chi connectivity index (χ4n) is 1.95. The first-order valence-electron chi connectivity index (χ1n) is 6.52. The van der Waals surface area contributed by atoms with Crippen LogP contribution in [0.3, 0.4) is 0 Å². The number of rotatable bonds is 9. The van der Waals surface area contributed by atoms with Crippen molar-refractivity contribution in [2.24, 2.45) is 0 Å². The molecule has 1 atom stereocenters. The highest BCUT2D eigenvalue weighted by Crippen LogP contribution is 2.57. The molecule has 0 aliphatic heterocycles. The Morgan fingerprint density at radius 3 is 1.12 bits per heavy atom. The monoisotopic (exact) mass is 506 g/mol. The Morgan fingerprint density at radius 2 is 0.941 bits per heavy atom. The summed E-state index contributed by atoms with van der Waals surface area (Å²) in [5.41, 5.74) is 0. The Hall–Kier alpha value is 2.32. The molecule has 17 heavy (non-hydrogen) atoms. The molecule has 0 N–H and O–H groups in total. The molecule has 110 valence electrons. The molecular formula is C13H34I2P2. The fraction of sp³-hybridized carbons (Fsp3) is 1.00. The molecule has 0 amide bonds. The van der Waals surface area contributed by atoms with E-state index in [0.29, 0.717) is 0 Å². The van der Waals surface area contributed by atoms with E-state index in [0.717, 1.165) is 0 Å². The van der Waals surface area contributed by atoms with Crippen molar-refractivity contribution in [1.82, 2.24) is 0 Å². The molecule has 0 saturated carbocycles. The summed E-state index contributed by atoms with van der Waals surface area (Å²) in [4.78, 5) is 0. The molecule has 0 aromatic rings. The van der Waals surface area contributed by atoms with E-state index >= 15 is 0 Å². The molecule has 0 heterocycles. The molecule has 0 aliphatic rings. The maximum absolute atomic E-state index is 2.62. The van der Waals surface area contributed by atoms with Gasteiger partial charge in [-0.2, -0.15) is 9.90 Å². The highest BCUT2D eigenvalue weighted by molar-refractivity contribution is 14.0. The zero-order valence-electron chi connectivity index (χ0n) is 12.3. The predicted octanol–water partition coefficient (Wildman–Crippen LogP) is 2.71. The van der Waals surface area contributed by atoms with Crippen LogP contribution in [0.15, 0.2) is 0 Å². The summed E-state index contributed by atoms with van der Waals surface area (Å²) in [6, 6.07) is 0. The molecule has 0 saturated heterocycles. The van der Waals surface area contributed by atoms with Gasteiger partial charge in [-0.05, 0) is 19.3 Å². The van der Waals surface area contributed by atoms with Gasteiger partial charge in [0.15, 0.2) is 0 Å². The number of hydrogen-bond acceptors (Lipinski definition) is 0. The third-order valence-corrected chi connectivity index (χ3v) is 7.34. The average Bonchev–Trinajstić information content (AvgIpc) is 2.21. The molecule has 1 unspecified atom stereocenters. The predicted molar refractivity (Wildman–Crippen MR) is 98.7 cm³/mol. The lowest BCUT2D eigenvalue weighted by Crippen LogP contribution is -3.00. The molecule has 0 fully saturated rings. The smallest absolute Gasteiger partial charge is 0.0591 e. The zero-order chi connectivity index (χ0) is 10.9. The van der Waals surface area contributed by atoms with Crippen molar-refractivity contribution in [2.45, 2.75) is 59.3 Å². The highest BCUT2D eigenvalue weighted by Gasteiger charge is 2.28. The lowest BCUT2D eigenvalue weighted by Gasteiger charge is -2.22. The minimum Gasteiger partial charge on any atom is -1.00 e. The second kappa shape index (κ2) is 18.3. The van der Waals surface area contributed by atoms with Gasteiger partial charge < -0.3 is 24.0 Å². The first-order valence-corrected chi connectivity index (χ1v) is 9.31. The molecule has 0 aromatic carbocycles. The van der Waals surface area contributed by atoms with E-state index in [-0.39, 0.29) is 57.9 Å². The van der Waals surface area contributed by atoms with Crippen molar-refractivity contribution in [3.8, 4) is 0 Å². The summed E-state index contributed by atoms with van der Waals surface area (Å²) < 4.78 is 0. The van der Waals surface area contributed by atoms with Crippen LogP contribution in [0.2, 0.25) is 0 Å². The minimum absolute atomic E-state index is 0. The third-order valence-electron chi connectivity index (χ3n) is 3.15. The van der Waals surface area contributed by atoms with E-state index in [2.05, 4.69) is 27.4 Å². The van der Waals surface area contributed by atoms with Gasteiger partial charge in [0.1, 0.15) is 0 Å². The zero-order valence-corrected chi connectivity index (χ0v) is 19.1. The van der Waals surface area contributed by atoms with Crippen LogP contribution in [0.25, 0.3) is 0 Å². The van der Waals surface area contributed by atoms with Crippen molar-refractivity contribution in [3.63, 3.8) is 0 Å². The maximum atomic E-state index is 2.62. The van der Waals surface area contributed by atoms with E-state index < -0.39 is 7.26 Å². The molecule has 0 bridgehead atoms. The van der Waals surface area contributed by atoms with E-state index in [1.807, 2.05) is 0 Å². The van der Waals surface area contributed by atoms with Crippen molar-refractivity contribution >= 4 is 41.1 Å². The van der Waals surface area contributed by atoms with Gasteiger partial charge in [-0.3, -0.25) is 0 Å². The van der Waals surface area contributed by atoms with Crippen LogP contribution in [-0.2, 0) is 0 Å². The Labute approximate surface area is 148 Å². The molecule has 0 aliphatic carbocycles. The van der Waals surface area contributed by atoms with Crippen LogP contribution in [-0.4, -0.2) is 25.2 Å². The molecule has 0 spiro atoms. The molecule has 4 heteroatoms. The van der Waals surface area contributed by atoms with E-state index in [9.17, 15) is 0 Å². The summed E-state index contributed by atoms with van der Waals surface area (Å²) in [6.45, 7) is 9.59. The van der Waals surface area contributed by atoms with Gasteiger partial charge in [0.25, 0.3) is 0 Å². The van der Waals surface area contributed by atoms with E-state index in [4.69, 9.17) is 0 Å². The Kier molecular flexibility index (Phi) is 29.8. The molecule has 0 rings (SSSR count). The standard InChI is InChI=1S/C13H30P.2HI.H3P/c1-5-8-11-14(4,12-9-6-2)13-10-7-3;;;/h5-13H2,1-4H3;2*1H;1H3/q+1;;;/p-1. The van der Waals surface area contributed by atoms with Gasteiger partial charge in [-0.15, -0.1) is 24.0 Å². The van der Waals surface area contributed by atoms with E-state index in [1.54, 1.807) is 18.5 Å². The summed E-state index contributed by atoms with van der Waals surface area (Å²) in [6.07, 6.45) is 13.2. The minimum atomic E-state index is -0.519. The SMILES string of the molecule is CCCC[P+](C)(CCCC)CCCC.I.P.[I-]. The van der Waals surface area contributed by atoms with Gasteiger partial charge in [0, 0.05) is 13.9 Å². The van der Waals surface area contributed by atoms with Gasteiger partial charge in [-0.25, -0.2) is 0 Å². The van der Waals surface area contributed by atoms with Gasteiger partial charge in [0.05, 0.1) is 18.5 Å². The normalized spacial score (nSPS) is 9.88. The van der Waals surface area contributed by atoms with Crippen LogP contribution in [0, 0.1) is 0 Å². The molecule has 0 radical (unpaired) electrons. The molecule has 0 nitrogen and oxygen atoms in total. The number of unbranched alkanes of at least 4 members (excludes halogenated alkanes) is 3. The van der Waals surface area contributed by atoms with Crippen molar-refractivity contribution in [3.05, 3.63) is 0 Å².